The van der Waals surface area contributed by atoms with E-state index in [1.165, 1.54) is 4.21 Å². The van der Waals surface area contributed by atoms with Gasteiger partial charge in [-0.1, -0.05) is 0 Å². The van der Waals surface area contributed by atoms with Gasteiger partial charge in [0.25, 0.3) is 0 Å². The van der Waals surface area contributed by atoms with Crippen LogP contribution in [0.5, 0.6) is 0 Å². The van der Waals surface area contributed by atoms with Crippen LogP contribution in [-0.4, -0.2) is 24.7 Å². The second-order valence-electron chi connectivity index (χ2n) is 3.62. The highest BCUT2D eigenvalue weighted by atomic mass is 32.2. The molecule has 0 aliphatic carbocycles. The quantitative estimate of drug-likeness (QED) is 0.758. The summed E-state index contributed by atoms with van der Waals surface area (Å²) in [4.78, 5) is 11.8. The van der Waals surface area contributed by atoms with Gasteiger partial charge in [-0.25, -0.2) is 0 Å². The molecule has 0 spiro atoms. The maximum absolute atomic E-state index is 11.8. The molecule has 0 saturated heterocycles. The van der Waals surface area contributed by atoms with E-state index in [2.05, 4.69) is 0 Å². The Hall–Kier alpha value is -0.320. The summed E-state index contributed by atoms with van der Waals surface area (Å²) in [6.45, 7) is 0.794. The lowest BCUT2D eigenvalue weighted by molar-refractivity contribution is 0.0975. The van der Waals surface area contributed by atoms with Gasteiger partial charge in [0.1, 0.15) is 0 Å². The molecule has 0 radical (unpaired) electrons. The second kappa shape index (κ2) is 5.14. The molecule has 2 nitrogen and oxygen atoms in total. The number of hydrogen-bond acceptors (Lipinski definition) is 4. The number of carbonyl (C=O) groups is 1. The van der Waals surface area contributed by atoms with Gasteiger partial charge in [0.15, 0.2) is 5.78 Å². The van der Waals surface area contributed by atoms with Crippen molar-refractivity contribution in [2.24, 2.45) is 0 Å². The van der Waals surface area contributed by atoms with Crippen molar-refractivity contribution in [1.29, 1.82) is 0 Å². The molecule has 0 saturated carbocycles. The van der Waals surface area contributed by atoms with Crippen molar-refractivity contribution in [2.45, 2.75) is 28.7 Å². The highest BCUT2D eigenvalue weighted by Gasteiger charge is 2.26. The van der Waals surface area contributed by atoms with Crippen molar-refractivity contribution in [3.05, 3.63) is 17.0 Å². The molecule has 0 unspecified atom stereocenters. The second-order valence-corrected chi connectivity index (χ2v) is 6.11. The fourth-order valence-corrected chi connectivity index (χ4v) is 4.28. The number of thiophene rings is 1. The van der Waals surface area contributed by atoms with Gasteiger partial charge in [-0.15, -0.1) is 23.1 Å². The Balaban J connectivity index is 1.94. The summed E-state index contributed by atoms with van der Waals surface area (Å²) < 4.78 is 6.23. The lowest BCUT2D eigenvalue weighted by atomic mass is 10.1. The number of methoxy groups -OCH3 is 1. The van der Waals surface area contributed by atoms with Crippen LogP contribution in [0.4, 0.5) is 0 Å². The topological polar surface area (TPSA) is 26.3 Å². The minimum atomic E-state index is 0.312. The first-order chi connectivity index (χ1) is 7.31. The van der Waals surface area contributed by atoms with Crippen LogP contribution in [0.15, 0.2) is 15.7 Å². The smallest absolute Gasteiger partial charge is 0.165 e. The number of rotatable bonds is 4. The first-order valence-electron chi connectivity index (χ1n) is 5.07. The summed E-state index contributed by atoms with van der Waals surface area (Å²) in [6, 6.07) is 1.95. The number of carbonyl (C=O) groups excluding carboxylic acids is 1. The third-order valence-electron chi connectivity index (χ3n) is 2.49. The number of fused-ring (bicyclic) bond motifs is 1. The lowest BCUT2D eigenvalue weighted by Crippen LogP contribution is -2.16. The van der Waals surface area contributed by atoms with E-state index >= 15 is 0 Å². The summed E-state index contributed by atoms with van der Waals surface area (Å²) in [5, 5.41) is 2.46. The number of ether oxygens (including phenoxy) is 1. The van der Waals surface area contributed by atoms with E-state index in [0.29, 0.717) is 17.5 Å². The van der Waals surface area contributed by atoms with Crippen molar-refractivity contribution >= 4 is 28.9 Å². The standard InChI is InChI=1S/C11H14O2S2/c1-13-5-2-3-8-7-10(12)9-4-6-14-11(9)15-8/h4,6,8H,2-3,5,7H2,1H3/t8-/m0/s1. The molecule has 1 aliphatic heterocycles. The molecule has 0 aromatic carbocycles. The van der Waals surface area contributed by atoms with Gasteiger partial charge in [0, 0.05) is 31.0 Å². The molecule has 15 heavy (non-hydrogen) atoms. The van der Waals surface area contributed by atoms with Crippen LogP contribution in [0.2, 0.25) is 0 Å². The Bertz CT molecular complexity index is 346. The van der Waals surface area contributed by atoms with E-state index in [9.17, 15) is 4.79 Å². The summed E-state index contributed by atoms with van der Waals surface area (Å²) >= 11 is 3.54. The van der Waals surface area contributed by atoms with E-state index in [4.69, 9.17) is 4.74 Å². The number of ketones is 1. The normalized spacial score (nSPS) is 20.3. The Morgan fingerprint density at radius 2 is 2.47 bits per heavy atom. The maximum atomic E-state index is 11.8. The molecule has 1 aliphatic rings. The van der Waals surface area contributed by atoms with E-state index < -0.39 is 0 Å². The molecule has 1 aromatic rings. The Kier molecular flexibility index (Phi) is 3.83. The van der Waals surface area contributed by atoms with E-state index in [0.717, 1.165) is 25.0 Å². The van der Waals surface area contributed by atoms with Crippen molar-refractivity contribution in [3.8, 4) is 0 Å². The molecule has 1 atom stereocenters. The average molecular weight is 242 g/mol. The fourth-order valence-electron chi connectivity index (χ4n) is 1.72. The SMILES string of the molecule is COCCC[C@H]1CC(=O)c2ccsc2S1. The average Bonchev–Trinajstić information content (AvgIpc) is 2.66. The Labute approximate surface area is 98.0 Å². The van der Waals surface area contributed by atoms with E-state index in [1.54, 1.807) is 18.4 Å². The zero-order chi connectivity index (χ0) is 10.7. The van der Waals surface area contributed by atoms with Crippen molar-refractivity contribution < 1.29 is 9.53 Å². The van der Waals surface area contributed by atoms with Crippen LogP contribution >= 0.6 is 23.1 Å². The molecule has 0 bridgehead atoms. The van der Waals surface area contributed by atoms with Crippen LogP contribution in [0.25, 0.3) is 0 Å². The molecule has 0 amide bonds. The first-order valence-corrected chi connectivity index (χ1v) is 6.83. The molecule has 4 heteroatoms. The monoisotopic (exact) mass is 242 g/mol. The molecule has 82 valence electrons. The van der Waals surface area contributed by atoms with Gasteiger partial charge in [0.05, 0.1) is 4.21 Å². The van der Waals surface area contributed by atoms with Gasteiger partial charge in [-0.2, -0.15) is 0 Å². The highest BCUT2D eigenvalue weighted by molar-refractivity contribution is 8.01. The molecule has 0 N–H and O–H groups in total. The van der Waals surface area contributed by atoms with Crippen molar-refractivity contribution in [3.63, 3.8) is 0 Å². The molecular weight excluding hydrogens is 228 g/mol. The third-order valence-corrected chi connectivity index (χ3v) is 4.94. The number of thioether (sulfide) groups is 1. The molecule has 0 fully saturated rings. The van der Waals surface area contributed by atoms with Crippen LogP contribution in [0, 0.1) is 0 Å². The van der Waals surface area contributed by atoms with Gasteiger partial charge in [-0.3, -0.25) is 4.79 Å². The predicted molar refractivity (Wildman–Crippen MR) is 64.0 cm³/mol. The molecule has 2 heterocycles. The molecular formula is C11H14O2S2. The van der Waals surface area contributed by atoms with Crippen LogP contribution in [0.3, 0.4) is 0 Å². The number of Topliss-reactive ketones (excluding diaryl/α,β-unsaturated/α-hetero) is 1. The first kappa shape index (κ1) is 11.2. The lowest BCUT2D eigenvalue weighted by Gasteiger charge is -2.20. The Morgan fingerprint density at radius 3 is 3.27 bits per heavy atom. The van der Waals surface area contributed by atoms with E-state index in [1.807, 2.05) is 23.2 Å². The van der Waals surface area contributed by atoms with Crippen LogP contribution in [-0.2, 0) is 4.74 Å². The predicted octanol–water partition coefficient (Wildman–Crippen LogP) is 3.22. The summed E-state index contributed by atoms with van der Waals surface area (Å²) in [7, 11) is 1.72. The van der Waals surface area contributed by atoms with Gasteiger partial charge in [-0.05, 0) is 24.3 Å². The summed E-state index contributed by atoms with van der Waals surface area (Å²) in [6.07, 6.45) is 2.81. The van der Waals surface area contributed by atoms with Crippen molar-refractivity contribution in [2.75, 3.05) is 13.7 Å². The third kappa shape index (κ3) is 2.62. The molecule has 2 rings (SSSR count). The number of hydrogen-bond donors (Lipinski definition) is 0. The largest absolute Gasteiger partial charge is 0.385 e. The maximum Gasteiger partial charge on any atom is 0.165 e. The van der Waals surface area contributed by atoms with Gasteiger partial charge >= 0.3 is 0 Å². The van der Waals surface area contributed by atoms with Crippen molar-refractivity contribution in [1.82, 2.24) is 0 Å². The minimum Gasteiger partial charge on any atom is -0.385 e. The zero-order valence-corrected chi connectivity index (χ0v) is 10.3. The van der Waals surface area contributed by atoms with Crippen LogP contribution in [0.1, 0.15) is 29.6 Å². The van der Waals surface area contributed by atoms with Gasteiger partial charge in [0.2, 0.25) is 0 Å². The fraction of sp³-hybridized carbons (Fsp3) is 0.545. The Morgan fingerprint density at radius 1 is 1.60 bits per heavy atom. The summed E-state index contributed by atoms with van der Waals surface area (Å²) in [5.74, 6) is 0.312. The summed E-state index contributed by atoms with van der Waals surface area (Å²) in [5.41, 5.74) is 0.938. The molecule has 1 aromatic heterocycles. The minimum absolute atomic E-state index is 0.312. The van der Waals surface area contributed by atoms with Gasteiger partial charge < -0.3 is 4.74 Å². The highest BCUT2D eigenvalue weighted by Crippen LogP contribution is 2.40. The zero-order valence-electron chi connectivity index (χ0n) is 8.69. The van der Waals surface area contributed by atoms with E-state index in [-0.39, 0.29) is 0 Å². The van der Waals surface area contributed by atoms with Crippen LogP contribution < -0.4 is 0 Å².